The number of pyridine rings is 1. The van der Waals surface area contributed by atoms with Crippen molar-refractivity contribution in [3.63, 3.8) is 0 Å². The van der Waals surface area contributed by atoms with E-state index in [1.807, 2.05) is 0 Å². The van der Waals surface area contributed by atoms with Crippen molar-refractivity contribution in [2.24, 2.45) is 0 Å². The zero-order chi connectivity index (χ0) is 18.5. The van der Waals surface area contributed by atoms with Crippen LogP contribution >= 0.6 is 0 Å². The molecular weight excluding hydrogens is 332 g/mol. The summed E-state index contributed by atoms with van der Waals surface area (Å²) in [7, 11) is 0. The van der Waals surface area contributed by atoms with Crippen LogP contribution in [0.2, 0.25) is 0 Å². The molecule has 26 heavy (non-hydrogen) atoms. The number of carbonyl (C=O) groups is 1. The zero-order valence-corrected chi connectivity index (χ0v) is 15.1. The molecule has 1 saturated heterocycles. The van der Waals surface area contributed by atoms with E-state index in [9.17, 15) is 14.7 Å². The highest BCUT2D eigenvalue weighted by Gasteiger charge is 2.21. The molecule has 0 bridgehead atoms. The lowest BCUT2D eigenvalue weighted by atomic mass is 10.00. The second-order valence-electron chi connectivity index (χ2n) is 6.75. The van der Waals surface area contributed by atoms with Crippen LogP contribution in [0.15, 0.2) is 29.2 Å². The molecule has 1 fully saturated rings. The Balaban J connectivity index is 1.60. The number of nitrogens with zero attached hydrogens (tertiary/aromatic N) is 3. The largest absolute Gasteiger partial charge is 0.493 e. The topological polar surface area (TPSA) is 86.9 Å². The molecule has 0 aromatic carbocycles. The Kier molecular flexibility index (Phi) is 5.88. The van der Waals surface area contributed by atoms with Gasteiger partial charge in [0.1, 0.15) is 5.65 Å². The molecule has 1 atom stereocenters. The van der Waals surface area contributed by atoms with Crippen molar-refractivity contribution in [2.75, 3.05) is 19.6 Å². The SMILES string of the molecule is CCC1CCCCN1CCCNC(=O)c1c(O)nc2ccccn2c1=O. The van der Waals surface area contributed by atoms with Crippen molar-refractivity contribution in [1.29, 1.82) is 0 Å². The number of rotatable bonds is 6. The van der Waals surface area contributed by atoms with Crippen LogP contribution < -0.4 is 10.9 Å². The number of likely N-dealkylation sites (tertiary alicyclic amines) is 1. The van der Waals surface area contributed by atoms with E-state index >= 15 is 0 Å². The number of nitrogens with one attached hydrogen (secondary N) is 1. The van der Waals surface area contributed by atoms with Crippen LogP contribution in [0, 0.1) is 0 Å². The highest BCUT2D eigenvalue weighted by atomic mass is 16.3. The standard InChI is InChI=1S/C19H26N4O3/c1-2-14-8-3-5-11-22(14)12-7-10-20-17(24)16-18(25)21-15-9-4-6-13-23(15)19(16)26/h4,6,9,13-14,25H,2-3,5,7-8,10-12H2,1H3,(H,20,24). The van der Waals surface area contributed by atoms with Crippen molar-refractivity contribution in [3.8, 4) is 5.88 Å². The molecule has 0 spiro atoms. The van der Waals surface area contributed by atoms with Crippen molar-refractivity contribution in [2.45, 2.75) is 45.1 Å². The van der Waals surface area contributed by atoms with Gasteiger partial charge in [-0.05, 0) is 44.4 Å². The normalized spacial score (nSPS) is 18.1. The molecule has 140 valence electrons. The summed E-state index contributed by atoms with van der Waals surface area (Å²) in [6, 6.07) is 5.63. The van der Waals surface area contributed by atoms with E-state index in [2.05, 4.69) is 22.1 Å². The number of hydrogen-bond donors (Lipinski definition) is 2. The molecule has 7 nitrogen and oxygen atoms in total. The van der Waals surface area contributed by atoms with Gasteiger partial charge in [0.2, 0.25) is 5.88 Å². The minimum Gasteiger partial charge on any atom is -0.493 e. The summed E-state index contributed by atoms with van der Waals surface area (Å²) in [6.45, 7) is 4.72. The molecule has 2 aromatic rings. The molecule has 1 aliphatic rings. The Labute approximate surface area is 152 Å². The fourth-order valence-electron chi connectivity index (χ4n) is 3.67. The van der Waals surface area contributed by atoms with E-state index in [1.54, 1.807) is 18.2 Å². The molecule has 3 heterocycles. The molecule has 2 aromatic heterocycles. The fourth-order valence-corrected chi connectivity index (χ4v) is 3.67. The maximum absolute atomic E-state index is 12.4. The maximum atomic E-state index is 12.4. The van der Waals surface area contributed by atoms with E-state index in [4.69, 9.17) is 0 Å². The van der Waals surface area contributed by atoms with Gasteiger partial charge in [-0.15, -0.1) is 0 Å². The first kappa shape index (κ1) is 18.4. The number of hydrogen-bond acceptors (Lipinski definition) is 5. The van der Waals surface area contributed by atoms with Crippen molar-refractivity contribution >= 4 is 11.6 Å². The molecule has 1 amide bonds. The van der Waals surface area contributed by atoms with Gasteiger partial charge in [-0.2, -0.15) is 4.98 Å². The summed E-state index contributed by atoms with van der Waals surface area (Å²) in [5, 5.41) is 12.7. The fraction of sp³-hybridized carbons (Fsp3) is 0.526. The van der Waals surface area contributed by atoms with Gasteiger partial charge in [-0.3, -0.25) is 14.0 Å². The second-order valence-corrected chi connectivity index (χ2v) is 6.75. The molecular formula is C19H26N4O3. The molecule has 0 aliphatic carbocycles. The van der Waals surface area contributed by atoms with Crippen LogP contribution in [0.25, 0.3) is 5.65 Å². The number of piperidine rings is 1. The third-order valence-corrected chi connectivity index (χ3v) is 5.07. The van der Waals surface area contributed by atoms with Gasteiger partial charge < -0.3 is 15.3 Å². The number of fused-ring (bicyclic) bond motifs is 1. The van der Waals surface area contributed by atoms with Gasteiger partial charge in [-0.25, -0.2) is 0 Å². The van der Waals surface area contributed by atoms with Gasteiger partial charge >= 0.3 is 0 Å². The summed E-state index contributed by atoms with van der Waals surface area (Å²) in [5.41, 5.74) is -0.562. The summed E-state index contributed by atoms with van der Waals surface area (Å²) < 4.78 is 1.26. The molecule has 7 heteroatoms. The van der Waals surface area contributed by atoms with Crippen LogP contribution in [0.3, 0.4) is 0 Å². The van der Waals surface area contributed by atoms with Gasteiger partial charge in [-0.1, -0.05) is 19.4 Å². The lowest BCUT2D eigenvalue weighted by Crippen LogP contribution is -2.41. The van der Waals surface area contributed by atoms with E-state index in [-0.39, 0.29) is 5.56 Å². The van der Waals surface area contributed by atoms with Crippen LogP contribution in [0.1, 0.15) is 49.4 Å². The van der Waals surface area contributed by atoms with E-state index in [0.717, 1.165) is 25.9 Å². The van der Waals surface area contributed by atoms with Gasteiger partial charge in [0, 0.05) is 25.3 Å². The Morgan fingerprint density at radius 1 is 1.38 bits per heavy atom. The maximum Gasteiger partial charge on any atom is 0.274 e. The average molecular weight is 358 g/mol. The third kappa shape index (κ3) is 3.88. The Morgan fingerprint density at radius 3 is 3.04 bits per heavy atom. The van der Waals surface area contributed by atoms with E-state index in [1.165, 1.54) is 29.9 Å². The first-order valence-electron chi connectivity index (χ1n) is 9.34. The molecule has 2 N–H and O–H groups in total. The highest BCUT2D eigenvalue weighted by Crippen LogP contribution is 2.19. The van der Waals surface area contributed by atoms with Crippen LogP contribution in [0.4, 0.5) is 0 Å². The molecule has 0 saturated carbocycles. The van der Waals surface area contributed by atoms with Crippen LogP contribution in [0.5, 0.6) is 5.88 Å². The summed E-state index contributed by atoms with van der Waals surface area (Å²) in [4.78, 5) is 31.2. The lowest BCUT2D eigenvalue weighted by molar-refractivity contribution is 0.0942. The Bertz CT molecular complexity index is 833. The van der Waals surface area contributed by atoms with Gasteiger partial charge in [0.05, 0.1) is 0 Å². The highest BCUT2D eigenvalue weighted by molar-refractivity contribution is 5.96. The summed E-state index contributed by atoms with van der Waals surface area (Å²) >= 11 is 0. The van der Waals surface area contributed by atoms with Crippen LogP contribution in [-0.4, -0.2) is 51.0 Å². The summed E-state index contributed by atoms with van der Waals surface area (Å²) in [5.74, 6) is -1.11. The van der Waals surface area contributed by atoms with Gasteiger partial charge in [0.15, 0.2) is 5.56 Å². The number of carbonyl (C=O) groups excluding carboxylic acids is 1. The number of aromatic nitrogens is 2. The average Bonchev–Trinajstić information content (AvgIpc) is 2.65. The monoisotopic (exact) mass is 358 g/mol. The minimum absolute atomic E-state index is 0.307. The molecule has 1 unspecified atom stereocenters. The van der Waals surface area contributed by atoms with Crippen LogP contribution in [-0.2, 0) is 0 Å². The summed E-state index contributed by atoms with van der Waals surface area (Å²) in [6.07, 6.45) is 7.27. The predicted octanol–water partition coefficient (Wildman–Crippen LogP) is 1.78. The van der Waals surface area contributed by atoms with Crippen molar-refractivity contribution < 1.29 is 9.90 Å². The van der Waals surface area contributed by atoms with Crippen molar-refractivity contribution in [1.82, 2.24) is 19.6 Å². The number of aromatic hydroxyl groups is 1. The lowest BCUT2D eigenvalue weighted by Gasteiger charge is -2.35. The zero-order valence-electron chi connectivity index (χ0n) is 15.1. The quantitative estimate of drug-likeness (QED) is 0.769. The Hall–Kier alpha value is -2.41. The second kappa shape index (κ2) is 8.31. The first-order valence-corrected chi connectivity index (χ1v) is 9.34. The third-order valence-electron chi connectivity index (χ3n) is 5.07. The molecule has 3 rings (SSSR count). The molecule has 0 radical (unpaired) electrons. The van der Waals surface area contributed by atoms with E-state index in [0.29, 0.717) is 18.2 Å². The minimum atomic E-state index is -0.580. The Morgan fingerprint density at radius 2 is 2.23 bits per heavy atom. The smallest absolute Gasteiger partial charge is 0.274 e. The predicted molar refractivity (Wildman–Crippen MR) is 99.6 cm³/mol. The van der Waals surface area contributed by atoms with Crippen molar-refractivity contribution in [3.05, 3.63) is 40.3 Å². The first-order chi connectivity index (χ1) is 12.6. The van der Waals surface area contributed by atoms with E-state index < -0.39 is 17.3 Å². The molecule has 1 aliphatic heterocycles. The number of amides is 1. The van der Waals surface area contributed by atoms with Gasteiger partial charge in [0.25, 0.3) is 11.5 Å².